The molecule has 2 atom stereocenters. The van der Waals surface area contributed by atoms with E-state index in [9.17, 15) is 4.79 Å². The van der Waals surface area contributed by atoms with Gasteiger partial charge in [-0.1, -0.05) is 13.2 Å². The van der Waals surface area contributed by atoms with Crippen LogP contribution in [0.3, 0.4) is 0 Å². The standard InChI is InChI=1S/C7H11NO3/c1-3-6(10)8(5-9)7(11)4-2/h3-7,10-11H,1-2H2. The SMILES string of the molecule is C=CC(O)N(C=O)C(O)C=C. The lowest BCUT2D eigenvalue weighted by atomic mass is 10.4. The number of rotatable bonds is 5. The van der Waals surface area contributed by atoms with Crippen LogP contribution in [-0.2, 0) is 4.79 Å². The molecule has 0 fully saturated rings. The van der Waals surface area contributed by atoms with Crippen LogP contribution >= 0.6 is 0 Å². The summed E-state index contributed by atoms with van der Waals surface area (Å²) >= 11 is 0. The van der Waals surface area contributed by atoms with Gasteiger partial charge < -0.3 is 10.2 Å². The van der Waals surface area contributed by atoms with E-state index in [-0.39, 0.29) is 0 Å². The molecule has 0 saturated heterocycles. The molecule has 4 nitrogen and oxygen atoms in total. The number of aliphatic hydroxyl groups is 2. The second-order valence-corrected chi connectivity index (χ2v) is 1.85. The third-order valence-corrected chi connectivity index (χ3v) is 1.15. The number of amides is 1. The van der Waals surface area contributed by atoms with Gasteiger partial charge >= 0.3 is 0 Å². The van der Waals surface area contributed by atoms with Crippen molar-refractivity contribution in [1.82, 2.24) is 4.90 Å². The number of carbonyl (C=O) groups excluding carboxylic acids is 1. The lowest BCUT2D eigenvalue weighted by Crippen LogP contribution is -2.39. The molecule has 62 valence electrons. The summed E-state index contributed by atoms with van der Waals surface area (Å²) in [5.41, 5.74) is 0. The minimum Gasteiger partial charge on any atom is -0.370 e. The monoisotopic (exact) mass is 157 g/mol. The minimum atomic E-state index is -1.18. The van der Waals surface area contributed by atoms with Crippen LogP contribution in [0.4, 0.5) is 0 Å². The topological polar surface area (TPSA) is 60.8 Å². The summed E-state index contributed by atoms with van der Waals surface area (Å²) in [7, 11) is 0. The second kappa shape index (κ2) is 4.65. The van der Waals surface area contributed by atoms with E-state index < -0.39 is 12.5 Å². The molecule has 0 spiro atoms. The van der Waals surface area contributed by atoms with Crippen LogP contribution in [0.15, 0.2) is 25.3 Å². The van der Waals surface area contributed by atoms with Crippen molar-refractivity contribution in [3.05, 3.63) is 25.3 Å². The highest BCUT2D eigenvalue weighted by atomic mass is 16.3. The predicted octanol–water partition coefficient (Wildman–Crippen LogP) is -0.546. The first kappa shape index (κ1) is 9.87. The van der Waals surface area contributed by atoms with Crippen LogP contribution in [0.25, 0.3) is 0 Å². The molecule has 4 heteroatoms. The van der Waals surface area contributed by atoms with Gasteiger partial charge in [0.05, 0.1) is 0 Å². The largest absolute Gasteiger partial charge is 0.370 e. The molecule has 0 aliphatic carbocycles. The number of hydrogen-bond acceptors (Lipinski definition) is 3. The molecule has 0 aliphatic heterocycles. The highest BCUT2D eigenvalue weighted by Crippen LogP contribution is 1.99. The third-order valence-electron chi connectivity index (χ3n) is 1.15. The quantitative estimate of drug-likeness (QED) is 0.320. The van der Waals surface area contributed by atoms with Crippen LogP contribution in [-0.4, -0.2) is 34.0 Å². The van der Waals surface area contributed by atoms with E-state index in [1.54, 1.807) is 0 Å². The van der Waals surface area contributed by atoms with Crippen LogP contribution in [0.1, 0.15) is 0 Å². The fraction of sp³-hybridized carbons (Fsp3) is 0.286. The van der Waals surface area contributed by atoms with E-state index in [2.05, 4.69) is 13.2 Å². The van der Waals surface area contributed by atoms with Gasteiger partial charge in [0, 0.05) is 0 Å². The summed E-state index contributed by atoms with van der Waals surface area (Å²) in [5.74, 6) is 0. The van der Waals surface area contributed by atoms with Gasteiger partial charge in [0.25, 0.3) is 0 Å². The van der Waals surface area contributed by atoms with Crippen LogP contribution in [0.2, 0.25) is 0 Å². The number of carbonyl (C=O) groups is 1. The first-order chi connectivity index (χ1) is 5.17. The van der Waals surface area contributed by atoms with E-state index in [0.29, 0.717) is 6.41 Å². The van der Waals surface area contributed by atoms with Gasteiger partial charge in [-0.25, -0.2) is 0 Å². The van der Waals surface area contributed by atoms with E-state index in [1.807, 2.05) is 0 Å². The van der Waals surface area contributed by atoms with Gasteiger partial charge in [-0.15, -0.1) is 0 Å². The molecule has 0 heterocycles. The first-order valence-corrected chi connectivity index (χ1v) is 3.01. The second-order valence-electron chi connectivity index (χ2n) is 1.85. The molecule has 2 unspecified atom stereocenters. The Labute approximate surface area is 65.1 Å². The average Bonchev–Trinajstić information content (AvgIpc) is 2.05. The fourth-order valence-corrected chi connectivity index (χ4v) is 0.525. The van der Waals surface area contributed by atoms with Crippen LogP contribution in [0, 0.1) is 0 Å². The molecule has 0 aromatic carbocycles. The van der Waals surface area contributed by atoms with Gasteiger partial charge in [0.15, 0.2) is 0 Å². The average molecular weight is 157 g/mol. The lowest BCUT2D eigenvalue weighted by Gasteiger charge is -2.23. The van der Waals surface area contributed by atoms with E-state index in [4.69, 9.17) is 10.2 Å². The fourth-order valence-electron chi connectivity index (χ4n) is 0.525. The minimum absolute atomic E-state index is 0.318. The highest BCUT2D eigenvalue weighted by molar-refractivity contribution is 5.48. The maximum Gasteiger partial charge on any atom is 0.214 e. The molecular formula is C7H11NO3. The van der Waals surface area contributed by atoms with Crippen molar-refractivity contribution in [2.24, 2.45) is 0 Å². The van der Waals surface area contributed by atoms with Crippen molar-refractivity contribution >= 4 is 6.41 Å². The van der Waals surface area contributed by atoms with Crippen molar-refractivity contribution in [3.8, 4) is 0 Å². The summed E-state index contributed by atoms with van der Waals surface area (Å²) < 4.78 is 0. The summed E-state index contributed by atoms with van der Waals surface area (Å²) in [6, 6.07) is 0. The lowest BCUT2D eigenvalue weighted by molar-refractivity contribution is -0.136. The van der Waals surface area contributed by atoms with Crippen LogP contribution < -0.4 is 0 Å². The number of aliphatic hydroxyl groups excluding tert-OH is 2. The molecule has 11 heavy (non-hydrogen) atoms. The van der Waals surface area contributed by atoms with E-state index in [1.165, 1.54) is 0 Å². The van der Waals surface area contributed by atoms with Gasteiger partial charge in [-0.2, -0.15) is 0 Å². The van der Waals surface area contributed by atoms with Gasteiger partial charge in [-0.05, 0) is 12.2 Å². The maximum absolute atomic E-state index is 10.2. The maximum atomic E-state index is 10.2. The van der Waals surface area contributed by atoms with Crippen molar-refractivity contribution in [3.63, 3.8) is 0 Å². The molecule has 0 radical (unpaired) electrons. The molecule has 0 saturated carbocycles. The predicted molar refractivity (Wildman–Crippen MR) is 40.3 cm³/mol. The summed E-state index contributed by atoms with van der Waals surface area (Å²) in [6.07, 6.45) is 0.210. The Hall–Kier alpha value is -1.13. The molecular weight excluding hydrogens is 146 g/mol. The van der Waals surface area contributed by atoms with Gasteiger partial charge in [-0.3, -0.25) is 9.69 Å². The smallest absolute Gasteiger partial charge is 0.214 e. The highest BCUT2D eigenvalue weighted by Gasteiger charge is 2.15. The Morgan fingerprint density at radius 2 is 1.55 bits per heavy atom. The molecule has 0 aromatic rings. The molecule has 0 aliphatic rings. The molecule has 2 N–H and O–H groups in total. The number of hydrogen-bond donors (Lipinski definition) is 2. The first-order valence-electron chi connectivity index (χ1n) is 3.01. The van der Waals surface area contributed by atoms with Crippen molar-refractivity contribution < 1.29 is 15.0 Å². The van der Waals surface area contributed by atoms with E-state index >= 15 is 0 Å². The Bertz CT molecular complexity index is 144. The zero-order valence-electron chi connectivity index (χ0n) is 6.05. The number of nitrogens with zero attached hydrogens (tertiary/aromatic N) is 1. The Balaban J connectivity index is 4.24. The molecule has 1 amide bonds. The molecule has 0 aromatic heterocycles. The zero-order chi connectivity index (χ0) is 8.85. The van der Waals surface area contributed by atoms with Gasteiger partial charge in [0.1, 0.15) is 12.5 Å². The summed E-state index contributed by atoms with van der Waals surface area (Å²) in [5, 5.41) is 18.0. The van der Waals surface area contributed by atoms with Crippen molar-refractivity contribution in [2.45, 2.75) is 12.5 Å². The van der Waals surface area contributed by atoms with E-state index in [0.717, 1.165) is 17.1 Å². The van der Waals surface area contributed by atoms with Crippen LogP contribution in [0.5, 0.6) is 0 Å². The molecule has 0 rings (SSSR count). The Morgan fingerprint density at radius 3 is 1.73 bits per heavy atom. The molecule has 0 bridgehead atoms. The normalized spacial score (nSPS) is 14.7. The third kappa shape index (κ3) is 2.53. The van der Waals surface area contributed by atoms with Gasteiger partial charge in [0.2, 0.25) is 6.41 Å². The van der Waals surface area contributed by atoms with Crippen molar-refractivity contribution in [2.75, 3.05) is 0 Å². The van der Waals surface area contributed by atoms with Crippen molar-refractivity contribution in [1.29, 1.82) is 0 Å². The Kier molecular flexibility index (Phi) is 4.17. The zero-order valence-corrected chi connectivity index (χ0v) is 6.05. The Morgan fingerprint density at radius 1 is 1.18 bits per heavy atom. The summed E-state index contributed by atoms with van der Waals surface area (Å²) in [4.78, 5) is 11.0. The summed E-state index contributed by atoms with van der Waals surface area (Å²) in [6.45, 7) is 6.50.